The number of hydrogen-bond donors (Lipinski definition) is 1. The number of halogens is 1. The number of rotatable bonds is 5. The highest BCUT2D eigenvalue weighted by Crippen LogP contribution is 2.32. The van der Waals surface area contributed by atoms with Gasteiger partial charge < -0.3 is 9.64 Å². The first-order valence-corrected chi connectivity index (χ1v) is 10.5. The molecule has 1 heterocycles. The molecule has 1 aliphatic heterocycles. The van der Waals surface area contributed by atoms with Gasteiger partial charge in [0.25, 0.3) is 10.0 Å². The molecule has 0 radical (unpaired) electrons. The van der Waals surface area contributed by atoms with Crippen molar-refractivity contribution in [2.24, 2.45) is 0 Å². The van der Waals surface area contributed by atoms with E-state index in [1.807, 2.05) is 0 Å². The van der Waals surface area contributed by atoms with Crippen molar-refractivity contribution < 1.29 is 22.7 Å². The second kappa shape index (κ2) is 7.81. The van der Waals surface area contributed by atoms with Crippen LogP contribution in [0.25, 0.3) is 0 Å². The summed E-state index contributed by atoms with van der Waals surface area (Å²) in [6.07, 6.45) is 0.971. The average molecular weight is 423 g/mol. The van der Waals surface area contributed by atoms with Crippen LogP contribution >= 0.6 is 11.6 Å². The van der Waals surface area contributed by atoms with Crippen molar-refractivity contribution in [2.45, 2.75) is 24.7 Å². The normalized spacial score (nSPS) is 13.2. The first-order valence-electron chi connectivity index (χ1n) is 8.60. The summed E-state index contributed by atoms with van der Waals surface area (Å²) in [6.45, 7) is 2.32. The summed E-state index contributed by atoms with van der Waals surface area (Å²) < 4.78 is 32.7. The van der Waals surface area contributed by atoms with E-state index >= 15 is 0 Å². The lowest BCUT2D eigenvalue weighted by Gasteiger charge is -2.17. The molecule has 0 aromatic heterocycles. The highest BCUT2D eigenvalue weighted by Gasteiger charge is 2.26. The first-order chi connectivity index (χ1) is 13.3. The zero-order valence-electron chi connectivity index (χ0n) is 15.4. The number of nitrogens with one attached hydrogen (secondary N) is 1. The van der Waals surface area contributed by atoms with Gasteiger partial charge in [0.2, 0.25) is 5.91 Å². The van der Waals surface area contributed by atoms with Crippen molar-refractivity contribution in [3.05, 3.63) is 52.5 Å². The van der Waals surface area contributed by atoms with Crippen LogP contribution in [0.1, 0.15) is 29.3 Å². The van der Waals surface area contributed by atoms with Crippen molar-refractivity contribution in [1.29, 1.82) is 0 Å². The molecule has 1 aliphatic rings. The van der Waals surface area contributed by atoms with E-state index in [-0.39, 0.29) is 27.1 Å². The monoisotopic (exact) mass is 422 g/mol. The number of hydrogen-bond acceptors (Lipinski definition) is 5. The van der Waals surface area contributed by atoms with Crippen LogP contribution in [0.4, 0.5) is 11.4 Å². The number of sulfonamides is 1. The summed E-state index contributed by atoms with van der Waals surface area (Å²) >= 11 is 6.08. The van der Waals surface area contributed by atoms with E-state index in [2.05, 4.69) is 9.46 Å². The summed E-state index contributed by atoms with van der Waals surface area (Å²) in [6, 6.07) is 8.82. The smallest absolute Gasteiger partial charge is 0.337 e. The lowest BCUT2D eigenvalue weighted by atomic mass is 10.2. The van der Waals surface area contributed by atoms with E-state index in [1.54, 1.807) is 24.0 Å². The molecule has 3 rings (SSSR count). The van der Waals surface area contributed by atoms with Gasteiger partial charge in [0.15, 0.2) is 0 Å². The van der Waals surface area contributed by atoms with Crippen molar-refractivity contribution in [3.63, 3.8) is 0 Å². The molecule has 28 heavy (non-hydrogen) atoms. The first kappa shape index (κ1) is 20.2. The van der Waals surface area contributed by atoms with Gasteiger partial charge in [-0.05, 0) is 48.4 Å². The maximum absolute atomic E-state index is 12.8. The number of carbonyl (C=O) groups excluding carboxylic acids is 2. The minimum absolute atomic E-state index is 0.00103. The van der Waals surface area contributed by atoms with Gasteiger partial charge in [-0.2, -0.15) is 0 Å². The zero-order valence-corrected chi connectivity index (χ0v) is 16.9. The Hall–Kier alpha value is -2.58. The quantitative estimate of drug-likeness (QED) is 0.747. The Kier molecular flexibility index (Phi) is 5.62. The number of nitrogens with zero attached hydrogens (tertiary/aromatic N) is 1. The van der Waals surface area contributed by atoms with Crippen LogP contribution in [0.5, 0.6) is 0 Å². The molecule has 9 heteroatoms. The molecule has 148 valence electrons. The molecule has 0 saturated heterocycles. The fourth-order valence-electron chi connectivity index (χ4n) is 3.05. The predicted molar refractivity (Wildman–Crippen MR) is 106 cm³/mol. The van der Waals surface area contributed by atoms with Gasteiger partial charge >= 0.3 is 5.97 Å². The molecule has 0 fully saturated rings. The number of amides is 1. The second-order valence-electron chi connectivity index (χ2n) is 6.23. The lowest BCUT2D eigenvalue weighted by molar-refractivity contribution is -0.118. The van der Waals surface area contributed by atoms with E-state index in [0.29, 0.717) is 19.4 Å². The molecule has 0 atom stereocenters. The fraction of sp³-hybridized carbons (Fsp3) is 0.263. The summed E-state index contributed by atoms with van der Waals surface area (Å²) in [4.78, 5) is 25.4. The molecule has 0 unspecified atom stereocenters. The van der Waals surface area contributed by atoms with E-state index in [1.165, 1.54) is 31.4 Å². The van der Waals surface area contributed by atoms with Crippen LogP contribution in [0.2, 0.25) is 5.02 Å². The van der Waals surface area contributed by atoms with Gasteiger partial charge in [-0.1, -0.05) is 18.5 Å². The van der Waals surface area contributed by atoms with Crippen molar-refractivity contribution in [1.82, 2.24) is 0 Å². The third kappa shape index (κ3) is 3.83. The highest BCUT2D eigenvalue weighted by atomic mass is 35.5. The maximum Gasteiger partial charge on any atom is 0.337 e. The van der Waals surface area contributed by atoms with Gasteiger partial charge in [-0.25, -0.2) is 13.2 Å². The third-order valence-electron chi connectivity index (χ3n) is 4.49. The molecule has 0 aliphatic carbocycles. The van der Waals surface area contributed by atoms with E-state index in [9.17, 15) is 18.0 Å². The minimum Gasteiger partial charge on any atom is -0.465 e. The summed E-state index contributed by atoms with van der Waals surface area (Å²) in [5.41, 5.74) is 1.77. The Labute approximate surface area is 168 Å². The largest absolute Gasteiger partial charge is 0.465 e. The third-order valence-corrected chi connectivity index (χ3v) is 6.18. The van der Waals surface area contributed by atoms with Crippen LogP contribution in [0.3, 0.4) is 0 Å². The molecule has 2 aromatic rings. The van der Waals surface area contributed by atoms with E-state index in [0.717, 1.165) is 11.3 Å². The lowest BCUT2D eigenvalue weighted by Crippen LogP contribution is -2.27. The Bertz CT molecular complexity index is 1050. The van der Waals surface area contributed by atoms with E-state index < -0.39 is 16.0 Å². The molecule has 0 bridgehead atoms. The van der Waals surface area contributed by atoms with Gasteiger partial charge in [-0.15, -0.1) is 0 Å². The molecule has 1 N–H and O–H groups in total. The van der Waals surface area contributed by atoms with Crippen LogP contribution in [0.15, 0.2) is 41.3 Å². The van der Waals surface area contributed by atoms with Crippen LogP contribution in [-0.2, 0) is 26.0 Å². The molecular formula is C19H19ClN2O5S. The van der Waals surface area contributed by atoms with E-state index in [4.69, 9.17) is 11.6 Å². The molecule has 0 spiro atoms. The Morgan fingerprint density at radius 2 is 1.96 bits per heavy atom. The minimum atomic E-state index is -3.94. The Morgan fingerprint density at radius 3 is 2.64 bits per heavy atom. The van der Waals surface area contributed by atoms with Crippen LogP contribution in [-0.4, -0.2) is 33.9 Å². The van der Waals surface area contributed by atoms with Gasteiger partial charge in [0, 0.05) is 18.7 Å². The Morgan fingerprint density at radius 1 is 1.21 bits per heavy atom. The number of anilines is 2. The second-order valence-corrected chi connectivity index (χ2v) is 8.32. The summed E-state index contributed by atoms with van der Waals surface area (Å²) in [5.74, 6) is -0.603. The number of fused-ring (bicyclic) bond motifs is 1. The van der Waals surface area contributed by atoms with Crippen molar-refractivity contribution in [2.75, 3.05) is 23.3 Å². The summed E-state index contributed by atoms with van der Waals surface area (Å²) in [7, 11) is -2.71. The fourth-order valence-corrected chi connectivity index (χ4v) is 4.39. The molecule has 0 saturated carbocycles. The topological polar surface area (TPSA) is 92.8 Å². The molecule has 2 aromatic carbocycles. The maximum atomic E-state index is 12.8. The summed E-state index contributed by atoms with van der Waals surface area (Å²) in [5, 5.41) is 0.150. The zero-order chi connectivity index (χ0) is 20.5. The highest BCUT2D eigenvalue weighted by molar-refractivity contribution is 7.92. The SMILES string of the molecule is CCC(=O)N1CCc2cc(S(=O)(=O)Nc3cc(C(=O)OC)ccc3Cl)ccc21. The van der Waals surface area contributed by atoms with Gasteiger partial charge in [-0.3, -0.25) is 9.52 Å². The predicted octanol–water partition coefficient (Wildman–Crippen LogP) is 3.23. The van der Waals surface area contributed by atoms with Gasteiger partial charge in [0.05, 0.1) is 28.3 Å². The van der Waals surface area contributed by atoms with Crippen LogP contribution < -0.4 is 9.62 Å². The number of esters is 1. The van der Waals surface area contributed by atoms with Gasteiger partial charge in [0.1, 0.15) is 0 Å². The number of benzene rings is 2. The number of carbonyl (C=O) groups is 2. The number of ether oxygens (including phenoxy) is 1. The van der Waals surface area contributed by atoms with Crippen molar-refractivity contribution >= 4 is 44.9 Å². The Balaban J connectivity index is 1.91. The molecule has 7 nitrogen and oxygen atoms in total. The van der Waals surface area contributed by atoms with Crippen LogP contribution in [0, 0.1) is 0 Å². The van der Waals surface area contributed by atoms with Crippen molar-refractivity contribution in [3.8, 4) is 0 Å². The number of methoxy groups -OCH3 is 1. The standard InChI is InChI=1S/C19H19ClN2O5S/c1-3-18(23)22-9-8-12-10-14(5-7-17(12)22)28(25,26)21-16-11-13(19(24)27-2)4-6-15(16)20/h4-7,10-11,21H,3,8-9H2,1-2H3. The molecular weight excluding hydrogens is 404 g/mol. The molecule has 1 amide bonds. The average Bonchev–Trinajstić information content (AvgIpc) is 3.11.